The number of hydrogen-bond donors (Lipinski definition) is 1. The molecule has 0 heterocycles. The van der Waals surface area contributed by atoms with Gasteiger partial charge >= 0.3 is 6.18 Å². The van der Waals surface area contributed by atoms with E-state index in [4.69, 9.17) is 0 Å². The largest absolute Gasteiger partial charge is 0.417 e. The highest BCUT2D eigenvalue weighted by Crippen LogP contribution is 2.37. The quantitative estimate of drug-likeness (QED) is 0.608. The predicted molar refractivity (Wildman–Crippen MR) is 101 cm³/mol. The number of carbonyl (C=O) groups is 1. The molecule has 3 rings (SSSR count). The smallest absolute Gasteiger partial charge is 0.380 e. The van der Waals surface area contributed by atoms with Crippen LogP contribution in [0.4, 0.5) is 13.2 Å². The van der Waals surface area contributed by atoms with Gasteiger partial charge in [-0.15, -0.1) is 0 Å². The highest BCUT2D eigenvalue weighted by atomic mass is 19.4. The molecule has 0 fully saturated rings. The molecular weight excluding hydrogens is 365 g/mol. The molecule has 0 aliphatic carbocycles. The molecule has 0 radical (unpaired) electrons. The Morgan fingerprint density at radius 2 is 1.29 bits per heavy atom. The third-order valence-electron chi connectivity index (χ3n) is 4.65. The zero-order valence-electron chi connectivity index (χ0n) is 15.0. The van der Waals surface area contributed by atoms with E-state index in [1.807, 2.05) is 0 Å². The Morgan fingerprint density at radius 1 is 0.750 bits per heavy atom. The van der Waals surface area contributed by atoms with Crippen molar-refractivity contribution in [3.05, 3.63) is 107 Å². The fraction of sp³-hybridized carbons (Fsp3) is 0.174. The molecule has 1 unspecified atom stereocenters. The second kappa shape index (κ2) is 7.98. The molecule has 0 saturated carbocycles. The van der Waals surface area contributed by atoms with E-state index in [1.54, 1.807) is 60.7 Å². The second-order valence-electron chi connectivity index (χ2n) is 6.72. The summed E-state index contributed by atoms with van der Waals surface area (Å²) < 4.78 is 41.4. The summed E-state index contributed by atoms with van der Waals surface area (Å²) in [6.07, 6.45) is -6.16. The predicted octanol–water partition coefficient (Wildman–Crippen LogP) is 5.00. The first-order chi connectivity index (χ1) is 13.3. The molecule has 5 heteroatoms. The van der Waals surface area contributed by atoms with Gasteiger partial charge in [-0.2, -0.15) is 13.2 Å². The molecule has 144 valence electrons. The van der Waals surface area contributed by atoms with E-state index in [0.29, 0.717) is 11.1 Å². The van der Waals surface area contributed by atoms with Gasteiger partial charge in [0.15, 0.2) is 11.4 Å². The van der Waals surface area contributed by atoms with E-state index in [2.05, 4.69) is 0 Å². The van der Waals surface area contributed by atoms with Crippen molar-refractivity contribution in [2.45, 2.75) is 24.6 Å². The molecule has 1 atom stereocenters. The van der Waals surface area contributed by atoms with Crippen LogP contribution in [-0.4, -0.2) is 22.7 Å². The Morgan fingerprint density at radius 3 is 1.89 bits per heavy atom. The van der Waals surface area contributed by atoms with E-state index < -0.39 is 24.6 Å². The Labute approximate surface area is 161 Å². The molecule has 1 N–H and O–H groups in total. The SMILES string of the molecule is O=C(c1ccccc1)c1ccccc1CC(O)(Cc1ccccc1)C(F)(F)F. The van der Waals surface area contributed by atoms with Gasteiger partial charge in [-0.05, 0) is 11.1 Å². The van der Waals surface area contributed by atoms with Crippen LogP contribution in [0.25, 0.3) is 0 Å². The van der Waals surface area contributed by atoms with Gasteiger partial charge in [-0.25, -0.2) is 0 Å². The van der Waals surface area contributed by atoms with Crippen molar-refractivity contribution in [2.75, 3.05) is 0 Å². The Balaban J connectivity index is 1.97. The van der Waals surface area contributed by atoms with Gasteiger partial charge in [-0.3, -0.25) is 4.79 Å². The number of hydrogen-bond acceptors (Lipinski definition) is 2. The van der Waals surface area contributed by atoms with Gasteiger partial charge in [0.05, 0.1) is 0 Å². The molecule has 28 heavy (non-hydrogen) atoms. The van der Waals surface area contributed by atoms with E-state index in [-0.39, 0.29) is 16.9 Å². The molecule has 0 spiro atoms. The molecule has 3 aromatic carbocycles. The van der Waals surface area contributed by atoms with E-state index >= 15 is 0 Å². The lowest BCUT2D eigenvalue weighted by atomic mass is 9.84. The summed E-state index contributed by atoms with van der Waals surface area (Å²) in [4.78, 5) is 12.8. The lowest BCUT2D eigenvalue weighted by Crippen LogP contribution is -2.49. The topological polar surface area (TPSA) is 37.3 Å². The molecule has 0 amide bonds. The van der Waals surface area contributed by atoms with Gasteiger partial charge in [0.25, 0.3) is 0 Å². The molecule has 0 aliphatic rings. The highest BCUT2D eigenvalue weighted by Gasteiger charge is 2.53. The van der Waals surface area contributed by atoms with Gasteiger partial charge in [-0.1, -0.05) is 84.9 Å². The van der Waals surface area contributed by atoms with Crippen molar-refractivity contribution in [2.24, 2.45) is 0 Å². The number of aliphatic hydroxyl groups is 1. The number of rotatable bonds is 6. The Bertz CT molecular complexity index is 937. The first-order valence-electron chi connectivity index (χ1n) is 8.81. The lowest BCUT2D eigenvalue weighted by Gasteiger charge is -2.31. The van der Waals surface area contributed by atoms with Crippen LogP contribution < -0.4 is 0 Å². The fourth-order valence-corrected chi connectivity index (χ4v) is 3.15. The number of alkyl halides is 3. The maximum absolute atomic E-state index is 13.8. The van der Waals surface area contributed by atoms with Gasteiger partial charge in [0, 0.05) is 24.0 Å². The number of ketones is 1. The van der Waals surface area contributed by atoms with E-state index in [0.717, 1.165) is 0 Å². The van der Waals surface area contributed by atoms with Gasteiger partial charge < -0.3 is 5.11 Å². The number of halogens is 3. The normalized spacial score (nSPS) is 13.7. The minimum absolute atomic E-state index is 0.157. The number of carbonyl (C=O) groups excluding carboxylic acids is 1. The maximum Gasteiger partial charge on any atom is 0.417 e. The summed E-state index contributed by atoms with van der Waals surface area (Å²) in [5.41, 5.74) is -1.92. The van der Waals surface area contributed by atoms with Crippen LogP contribution in [-0.2, 0) is 12.8 Å². The molecule has 0 aromatic heterocycles. The summed E-state index contributed by atoms with van der Waals surface area (Å²) in [5, 5.41) is 10.6. The molecule has 0 bridgehead atoms. The standard InChI is InChI=1S/C23H19F3O2/c24-23(25,26)22(28,15-17-9-3-1-4-10-17)16-19-13-7-8-14-20(19)21(27)18-11-5-2-6-12-18/h1-14,28H,15-16H2. The van der Waals surface area contributed by atoms with Gasteiger partial charge in [0.2, 0.25) is 0 Å². The van der Waals surface area contributed by atoms with Crippen LogP contribution >= 0.6 is 0 Å². The third kappa shape index (κ3) is 4.31. The first kappa shape index (κ1) is 19.8. The zero-order chi connectivity index (χ0) is 20.2. The Kier molecular flexibility index (Phi) is 5.66. The highest BCUT2D eigenvalue weighted by molar-refractivity contribution is 6.09. The van der Waals surface area contributed by atoms with Crippen LogP contribution in [0.3, 0.4) is 0 Å². The molecule has 2 nitrogen and oxygen atoms in total. The minimum atomic E-state index is -4.86. The summed E-state index contributed by atoms with van der Waals surface area (Å²) in [6, 6.07) is 22.5. The summed E-state index contributed by atoms with van der Waals surface area (Å²) in [7, 11) is 0. The monoisotopic (exact) mass is 384 g/mol. The molecular formula is C23H19F3O2. The molecule has 0 saturated heterocycles. The lowest BCUT2D eigenvalue weighted by molar-refractivity contribution is -0.259. The van der Waals surface area contributed by atoms with Crippen molar-refractivity contribution in [1.82, 2.24) is 0 Å². The summed E-state index contributed by atoms with van der Waals surface area (Å²) in [5.74, 6) is -0.375. The van der Waals surface area contributed by atoms with Crippen LogP contribution in [0.5, 0.6) is 0 Å². The van der Waals surface area contributed by atoms with Crippen molar-refractivity contribution in [1.29, 1.82) is 0 Å². The summed E-state index contributed by atoms with van der Waals surface area (Å²) >= 11 is 0. The van der Waals surface area contributed by atoms with Crippen LogP contribution in [0.2, 0.25) is 0 Å². The van der Waals surface area contributed by atoms with E-state index in [9.17, 15) is 23.1 Å². The second-order valence-corrected chi connectivity index (χ2v) is 6.72. The van der Waals surface area contributed by atoms with Gasteiger partial charge in [0.1, 0.15) is 0 Å². The zero-order valence-corrected chi connectivity index (χ0v) is 15.0. The molecule has 0 aliphatic heterocycles. The fourth-order valence-electron chi connectivity index (χ4n) is 3.15. The van der Waals surface area contributed by atoms with Crippen molar-refractivity contribution >= 4 is 5.78 Å². The van der Waals surface area contributed by atoms with Crippen molar-refractivity contribution in [3.8, 4) is 0 Å². The average Bonchev–Trinajstić information content (AvgIpc) is 2.68. The van der Waals surface area contributed by atoms with Crippen LogP contribution in [0.1, 0.15) is 27.0 Å². The minimum Gasteiger partial charge on any atom is -0.380 e. The van der Waals surface area contributed by atoms with Crippen LogP contribution in [0, 0.1) is 0 Å². The van der Waals surface area contributed by atoms with Crippen molar-refractivity contribution in [3.63, 3.8) is 0 Å². The third-order valence-corrected chi connectivity index (χ3v) is 4.65. The Hall–Kier alpha value is -2.92. The van der Waals surface area contributed by atoms with E-state index in [1.165, 1.54) is 24.3 Å². The summed E-state index contributed by atoms with van der Waals surface area (Å²) in [6.45, 7) is 0. The first-order valence-corrected chi connectivity index (χ1v) is 8.81. The van der Waals surface area contributed by atoms with Crippen LogP contribution in [0.15, 0.2) is 84.9 Å². The molecule has 3 aromatic rings. The maximum atomic E-state index is 13.8. The number of benzene rings is 3. The van der Waals surface area contributed by atoms with Crippen molar-refractivity contribution < 1.29 is 23.1 Å². The average molecular weight is 384 g/mol.